The molecule has 22 heavy (non-hydrogen) atoms. The molecule has 0 radical (unpaired) electrons. The van der Waals surface area contributed by atoms with Crippen molar-refractivity contribution in [3.63, 3.8) is 0 Å². The number of aliphatic hydroxyl groups is 1. The van der Waals surface area contributed by atoms with Gasteiger partial charge in [0.25, 0.3) is 0 Å². The predicted molar refractivity (Wildman–Crippen MR) is 89.4 cm³/mol. The Hall–Kier alpha value is -1.51. The number of rotatable bonds is 4. The summed E-state index contributed by atoms with van der Waals surface area (Å²) in [5.74, 6) is 0.956. The van der Waals surface area contributed by atoms with Gasteiger partial charge in [-0.15, -0.1) is 0 Å². The average molecular weight is 317 g/mol. The van der Waals surface area contributed by atoms with Crippen molar-refractivity contribution in [3.8, 4) is 5.75 Å². The van der Waals surface area contributed by atoms with Gasteiger partial charge in [0.05, 0.1) is 6.10 Å². The van der Waals surface area contributed by atoms with Crippen molar-refractivity contribution in [2.75, 3.05) is 0 Å². The molecule has 2 aromatic carbocycles. The first kappa shape index (κ1) is 15.4. The molecule has 0 amide bonds. The normalized spacial score (nSPS) is 21.5. The van der Waals surface area contributed by atoms with E-state index in [1.807, 2.05) is 48.5 Å². The van der Waals surface area contributed by atoms with Crippen LogP contribution >= 0.6 is 11.6 Å². The van der Waals surface area contributed by atoms with Crippen LogP contribution in [0, 0.1) is 0 Å². The maximum absolute atomic E-state index is 10.3. The van der Waals surface area contributed by atoms with Gasteiger partial charge in [0.1, 0.15) is 12.4 Å². The summed E-state index contributed by atoms with van der Waals surface area (Å²) in [6.45, 7) is 0.526. The number of ether oxygens (including phenoxy) is 1. The molecule has 1 aliphatic carbocycles. The molecule has 0 saturated heterocycles. The molecule has 0 aromatic heterocycles. The Morgan fingerprint density at radius 1 is 1.05 bits per heavy atom. The van der Waals surface area contributed by atoms with Crippen molar-refractivity contribution in [1.29, 1.82) is 0 Å². The van der Waals surface area contributed by atoms with Crippen molar-refractivity contribution in [3.05, 3.63) is 64.7 Å². The van der Waals surface area contributed by atoms with E-state index < -0.39 is 0 Å². The molecular weight excluding hydrogens is 296 g/mol. The lowest BCUT2D eigenvalue weighted by Crippen LogP contribution is -2.23. The van der Waals surface area contributed by atoms with E-state index in [0.717, 1.165) is 42.6 Å². The van der Waals surface area contributed by atoms with Crippen LogP contribution in [0.3, 0.4) is 0 Å². The third-order valence-corrected chi connectivity index (χ3v) is 4.57. The topological polar surface area (TPSA) is 29.5 Å². The molecule has 0 heterocycles. The Labute approximate surface area is 136 Å². The predicted octanol–water partition coefficient (Wildman–Crippen LogP) is 4.94. The van der Waals surface area contributed by atoms with Crippen LogP contribution in [0.1, 0.15) is 42.7 Å². The Kier molecular flexibility index (Phi) is 5.01. The van der Waals surface area contributed by atoms with E-state index in [4.69, 9.17) is 16.3 Å². The first-order valence-corrected chi connectivity index (χ1v) is 8.26. The molecule has 2 atom stereocenters. The largest absolute Gasteiger partial charge is 0.489 e. The zero-order valence-electron chi connectivity index (χ0n) is 12.5. The van der Waals surface area contributed by atoms with Gasteiger partial charge in [0, 0.05) is 16.5 Å². The number of hydrogen-bond acceptors (Lipinski definition) is 2. The van der Waals surface area contributed by atoms with Gasteiger partial charge in [0.2, 0.25) is 0 Å². The second kappa shape index (κ2) is 7.17. The second-order valence-electron chi connectivity index (χ2n) is 5.91. The molecule has 3 heteroatoms. The molecular formula is C19H21ClO2. The minimum atomic E-state index is -0.300. The zero-order chi connectivity index (χ0) is 15.4. The van der Waals surface area contributed by atoms with E-state index in [0.29, 0.717) is 11.6 Å². The van der Waals surface area contributed by atoms with Crippen LogP contribution in [0.25, 0.3) is 0 Å². The summed E-state index contributed by atoms with van der Waals surface area (Å²) in [4.78, 5) is 0. The third kappa shape index (κ3) is 3.63. The molecule has 116 valence electrons. The van der Waals surface area contributed by atoms with Crippen LogP contribution in [-0.4, -0.2) is 11.2 Å². The van der Waals surface area contributed by atoms with E-state index in [2.05, 4.69) is 0 Å². The molecule has 1 N–H and O–H groups in total. The maximum atomic E-state index is 10.3. The van der Waals surface area contributed by atoms with E-state index in [1.165, 1.54) is 0 Å². The fourth-order valence-electron chi connectivity index (χ4n) is 3.15. The maximum Gasteiger partial charge on any atom is 0.123 e. The van der Waals surface area contributed by atoms with Gasteiger partial charge in [-0.25, -0.2) is 0 Å². The Morgan fingerprint density at radius 3 is 2.59 bits per heavy atom. The molecule has 1 aliphatic rings. The van der Waals surface area contributed by atoms with Crippen molar-refractivity contribution >= 4 is 11.6 Å². The first-order chi connectivity index (χ1) is 10.7. The van der Waals surface area contributed by atoms with Crippen molar-refractivity contribution < 1.29 is 9.84 Å². The zero-order valence-corrected chi connectivity index (χ0v) is 13.3. The third-order valence-electron chi connectivity index (χ3n) is 4.34. The van der Waals surface area contributed by atoms with Crippen LogP contribution in [-0.2, 0) is 6.61 Å². The summed E-state index contributed by atoms with van der Waals surface area (Å²) in [5, 5.41) is 11.0. The van der Waals surface area contributed by atoms with Crippen LogP contribution in [0.4, 0.5) is 0 Å². The molecule has 1 fully saturated rings. The number of benzene rings is 2. The Balaban J connectivity index is 1.81. The highest BCUT2D eigenvalue weighted by Crippen LogP contribution is 2.39. The molecule has 2 aromatic rings. The lowest BCUT2D eigenvalue weighted by molar-refractivity contribution is 0.104. The number of aliphatic hydroxyl groups excluding tert-OH is 1. The minimum Gasteiger partial charge on any atom is -0.489 e. The lowest BCUT2D eigenvalue weighted by Gasteiger charge is -2.29. The second-order valence-corrected chi connectivity index (χ2v) is 6.35. The highest BCUT2D eigenvalue weighted by Gasteiger charge is 2.27. The van der Waals surface area contributed by atoms with E-state index in [9.17, 15) is 5.11 Å². The van der Waals surface area contributed by atoms with Crippen LogP contribution < -0.4 is 4.74 Å². The smallest absolute Gasteiger partial charge is 0.123 e. The average Bonchev–Trinajstić information content (AvgIpc) is 2.55. The molecule has 0 bridgehead atoms. The van der Waals surface area contributed by atoms with Gasteiger partial charge in [-0.2, -0.15) is 0 Å². The van der Waals surface area contributed by atoms with E-state index in [-0.39, 0.29) is 12.0 Å². The molecule has 2 nitrogen and oxygen atoms in total. The molecule has 0 unspecified atom stereocenters. The lowest BCUT2D eigenvalue weighted by atomic mass is 9.81. The van der Waals surface area contributed by atoms with Crippen molar-refractivity contribution in [1.82, 2.24) is 0 Å². The Morgan fingerprint density at radius 2 is 1.82 bits per heavy atom. The number of halogens is 1. The first-order valence-electron chi connectivity index (χ1n) is 7.88. The quantitative estimate of drug-likeness (QED) is 0.866. The highest BCUT2D eigenvalue weighted by molar-refractivity contribution is 6.30. The SMILES string of the molecule is O[C@@H]1CCCC[C@H]1c1cc(Cl)ccc1OCc1ccccc1. The summed E-state index contributed by atoms with van der Waals surface area (Å²) in [5.41, 5.74) is 2.17. The molecule has 0 spiro atoms. The molecule has 1 saturated carbocycles. The van der Waals surface area contributed by atoms with Crippen LogP contribution in [0.15, 0.2) is 48.5 Å². The van der Waals surface area contributed by atoms with E-state index in [1.54, 1.807) is 0 Å². The van der Waals surface area contributed by atoms with Crippen molar-refractivity contribution in [2.45, 2.75) is 44.3 Å². The van der Waals surface area contributed by atoms with Crippen LogP contribution in [0.5, 0.6) is 5.75 Å². The summed E-state index contributed by atoms with van der Waals surface area (Å²) in [6.07, 6.45) is 3.79. The summed E-state index contributed by atoms with van der Waals surface area (Å²) in [6, 6.07) is 15.8. The van der Waals surface area contributed by atoms with Gasteiger partial charge in [-0.05, 0) is 36.6 Å². The fourth-order valence-corrected chi connectivity index (χ4v) is 3.33. The summed E-state index contributed by atoms with van der Waals surface area (Å²) in [7, 11) is 0. The van der Waals surface area contributed by atoms with E-state index >= 15 is 0 Å². The molecule has 3 rings (SSSR count). The standard InChI is InChI=1S/C19H21ClO2/c20-15-10-11-19(22-13-14-6-2-1-3-7-14)17(12-15)16-8-4-5-9-18(16)21/h1-3,6-7,10-12,16,18,21H,4-5,8-9,13H2/t16-,18+/m0/s1. The van der Waals surface area contributed by atoms with Gasteiger partial charge >= 0.3 is 0 Å². The van der Waals surface area contributed by atoms with Crippen molar-refractivity contribution in [2.24, 2.45) is 0 Å². The number of hydrogen-bond donors (Lipinski definition) is 1. The van der Waals surface area contributed by atoms with Gasteiger partial charge in [-0.1, -0.05) is 54.8 Å². The fraction of sp³-hybridized carbons (Fsp3) is 0.368. The molecule has 0 aliphatic heterocycles. The van der Waals surface area contributed by atoms with Gasteiger partial charge in [-0.3, -0.25) is 0 Å². The summed E-state index contributed by atoms with van der Waals surface area (Å²) < 4.78 is 6.01. The Bertz CT molecular complexity index is 612. The highest BCUT2D eigenvalue weighted by atomic mass is 35.5. The summed E-state index contributed by atoms with van der Waals surface area (Å²) >= 11 is 6.16. The monoisotopic (exact) mass is 316 g/mol. The minimum absolute atomic E-state index is 0.123. The van der Waals surface area contributed by atoms with Gasteiger partial charge < -0.3 is 9.84 Å². The van der Waals surface area contributed by atoms with Gasteiger partial charge in [0.15, 0.2) is 0 Å². The van der Waals surface area contributed by atoms with Crippen LogP contribution in [0.2, 0.25) is 5.02 Å².